The lowest BCUT2D eigenvalue weighted by molar-refractivity contribution is 0.0690. The number of phenols is 2. The number of ether oxygens (including phenoxy) is 2. The zero-order valence-electron chi connectivity index (χ0n) is 14.3. The number of nitrogens with one attached hydrogen (secondary N) is 1. The minimum atomic E-state index is -1.14. The largest absolute Gasteiger partial charge is 0.504 e. The van der Waals surface area contributed by atoms with Gasteiger partial charge in [-0.2, -0.15) is 0 Å². The molecule has 0 fully saturated rings. The number of halogens is 1. The van der Waals surface area contributed by atoms with Crippen LogP contribution in [0.5, 0.6) is 23.0 Å². The average molecular weight is 382 g/mol. The van der Waals surface area contributed by atoms with E-state index in [9.17, 15) is 20.1 Å². The Morgan fingerprint density at radius 3 is 2.42 bits per heavy atom. The van der Waals surface area contributed by atoms with Gasteiger partial charge in [0.05, 0.1) is 20.3 Å². The first kappa shape index (κ1) is 19.7. The van der Waals surface area contributed by atoms with E-state index in [2.05, 4.69) is 5.32 Å². The zero-order valence-corrected chi connectivity index (χ0v) is 15.1. The molecule has 0 bridgehead atoms. The highest BCUT2D eigenvalue weighted by atomic mass is 35.5. The van der Waals surface area contributed by atoms with Crippen LogP contribution in [-0.2, 0) is 6.42 Å². The van der Waals surface area contributed by atoms with E-state index < -0.39 is 12.0 Å². The Balaban J connectivity index is 0.00000243. The van der Waals surface area contributed by atoms with Gasteiger partial charge in [-0.15, -0.1) is 12.4 Å². The summed E-state index contributed by atoms with van der Waals surface area (Å²) in [5.74, 6) is -1.10. The van der Waals surface area contributed by atoms with Crippen LogP contribution in [0, 0.1) is 0 Å². The van der Waals surface area contributed by atoms with Crippen LogP contribution in [0.4, 0.5) is 0 Å². The van der Waals surface area contributed by atoms with Gasteiger partial charge in [-0.05, 0) is 41.3 Å². The van der Waals surface area contributed by atoms with Gasteiger partial charge in [0.1, 0.15) is 5.56 Å². The SMILES string of the molecule is COc1ccc(C2NCCc3cc(O)c(O)cc32)c(C(=O)O)c1OC.Cl. The standard InChI is InChI=1S/C18H19NO6.ClH/c1-24-14-4-3-10(15(18(22)23)17(14)25-2)16-11-8-13(21)12(20)7-9(11)5-6-19-16;/h3-4,7-8,16,19-21H,5-6H2,1-2H3,(H,22,23);1H. The van der Waals surface area contributed by atoms with Crippen molar-refractivity contribution >= 4 is 18.4 Å². The highest BCUT2D eigenvalue weighted by molar-refractivity contribution is 5.94. The van der Waals surface area contributed by atoms with Crippen LogP contribution in [0.1, 0.15) is 33.1 Å². The molecule has 3 rings (SSSR count). The Labute approximate surface area is 156 Å². The molecule has 8 heteroatoms. The van der Waals surface area contributed by atoms with Crippen LogP contribution in [0.25, 0.3) is 0 Å². The molecular weight excluding hydrogens is 362 g/mol. The number of fused-ring (bicyclic) bond motifs is 1. The summed E-state index contributed by atoms with van der Waals surface area (Å²) in [5.41, 5.74) is 2.07. The topological polar surface area (TPSA) is 108 Å². The van der Waals surface area contributed by atoms with Crippen molar-refractivity contribution in [3.63, 3.8) is 0 Å². The smallest absolute Gasteiger partial charge is 0.339 e. The van der Waals surface area contributed by atoms with Gasteiger partial charge >= 0.3 is 5.97 Å². The minimum Gasteiger partial charge on any atom is -0.504 e. The number of aromatic carboxylic acids is 1. The second-order valence-corrected chi connectivity index (χ2v) is 5.75. The Kier molecular flexibility index (Phi) is 5.84. The summed E-state index contributed by atoms with van der Waals surface area (Å²) in [5, 5.41) is 32.6. The second-order valence-electron chi connectivity index (χ2n) is 5.75. The molecule has 7 nitrogen and oxygen atoms in total. The lowest BCUT2D eigenvalue weighted by Gasteiger charge is -2.29. The van der Waals surface area contributed by atoms with E-state index in [1.807, 2.05) is 0 Å². The molecule has 0 saturated heterocycles. The highest BCUT2D eigenvalue weighted by Crippen LogP contribution is 2.41. The van der Waals surface area contributed by atoms with Gasteiger partial charge in [-0.1, -0.05) is 6.07 Å². The summed E-state index contributed by atoms with van der Waals surface area (Å²) in [4.78, 5) is 11.9. The summed E-state index contributed by atoms with van der Waals surface area (Å²) < 4.78 is 10.5. The van der Waals surface area contributed by atoms with Gasteiger partial charge < -0.3 is 30.1 Å². The monoisotopic (exact) mass is 381 g/mol. The molecule has 2 aromatic carbocycles. The van der Waals surface area contributed by atoms with Crippen molar-refractivity contribution in [1.29, 1.82) is 0 Å². The zero-order chi connectivity index (χ0) is 18.1. The van der Waals surface area contributed by atoms with Crippen LogP contribution in [0.15, 0.2) is 24.3 Å². The van der Waals surface area contributed by atoms with Gasteiger partial charge in [0.2, 0.25) is 0 Å². The van der Waals surface area contributed by atoms with E-state index >= 15 is 0 Å². The fraction of sp³-hybridized carbons (Fsp3) is 0.278. The number of hydrogen-bond acceptors (Lipinski definition) is 6. The maximum Gasteiger partial charge on any atom is 0.339 e. The molecule has 140 valence electrons. The first-order chi connectivity index (χ1) is 12.0. The third-order valence-electron chi connectivity index (χ3n) is 4.39. The number of benzene rings is 2. The molecule has 0 saturated carbocycles. The third kappa shape index (κ3) is 3.23. The van der Waals surface area contributed by atoms with E-state index in [1.165, 1.54) is 26.4 Å². The van der Waals surface area contributed by atoms with Crippen LogP contribution in [-0.4, -0.2) is 42.1 Å². The Morgan fingerprint density at radius 1 is 1.12 bits per heavy atom. The summed E-state index contributed by atoms with van der Waals surface area (Å²) in [6.07, 6.45) is 0.662. The number of methoxy groups -OCH3 is 2. The summed E-state index contributed by atoms with van der Waals surface area (Å²) >= 11 is 0. The van der Waals surface area contributed by atoms with Crippen molar-refractivity contribution in [2.75, 3.05) is 20.8 Å². The van der Waals surface area contributed by atoms with Gasteiger partial charge in [-0.25, -0.2) is 4.79 Å². The number of carbonyl (C=O) groups is 1. The van der Waals surface area contributed by atoms with E-state index in [-0.39, 0.29) is 35.2 Å². The molecular formula is C18H20ClNO6. The summed E-state index contributed by atoms with van der Waals surface area (Å²) in [6.45, 7) is 0.606. The van der Waals surface area contributed by atoms with Gasteiger partial charge in [0, 0.05) is 6.54 Å². The molecule has 0 aromatic heterocycles. The Bertz CT molecular complexity index is 839. The minimum absolute atomic E-state index is 0. The van der Waals surface area contributed by atoms with Crippen LogP contribution < -0.4 is 14.8 Å². The molecule has 0 spiro atoms. The molecule has 1 aliphatic rings. The van der Waals surface area contributed by atoms with E-state index in [4.69, 9.17) is 9.47 Å². The fourth-order valence-corrected chi connectivity index (χ4v) is 3.26. The number of phenolic OH excluding ortho intramolecular Hbond substituents is 2. The van der Waals surface area contributed by atoms with Crippen molar-refractivity contribution in [3.05, 3.63) is 46.5 Å². The Hall–Kier alpha value is -2.64. The molecule has 1 unspecified atom stereocenters. The quantitative estimate of drug-likeness (QED) is 0.602. The van der Waals surface area contributed by atoms with Crippen LogP contribution >= 0.6 is 12.4 Å². The molecule has 4 N–H and O–H groups in total. The van der Waals surface area contributed by atoms with Crippen molar-refractivity contribution in [2.45, 2.75) is 12.5 Å². The molecule has 1 atom stereocenters. The van der Waals surface area contributed by atoms with Crippen molar-refractivity contribution in [2.24, 2.45) is 0 Å². The molecule has 0 aliphatic carbocycles. The van der Waals surface area contributed by atoms with Gasteiger partial charge in [0.15, 0.2) is 23.0 Å². The number of aromatic hydroxyl groups is 2. The number of rotatable bonds is 4. The third-order valence-corrected chi connectivity index (χ3v) is 4.39. The predicted octanol–water partition coefficient (Wildman–Crippen LogP) is 2.47. The first-order valence-corrected chi connectivity index (χ1v) is 7.74. The van der Waals surface area contributed by atoms with Gasteiger partial charge in [0.25, 0.3) is 0 Å². The number of carboxylic acids is 1. The first-order valence-electron chi connectivity index (χ1n) is 7.74. The summed E-state index contributed by atoms with van der Waals surface area (Å²) in [6, 6.07) is 5.84. The highest BCUT2D eigenvalue weighted by Gasteiger charge is 2.30. The number of hydrogen-bond donors (Lipinski definition) is 4. The lowest BCUT2D eigenvalue weighted by atomic mass is 9.87. The maximum absolute atomic E-state index is 11.9. The lowest BCUT2D eigenvalue weighted by Crippen LogP contribution is -2.31. The molecule has 1 heterocycles. The molecule has 1 aliphatic heterocycles. The normalized spacial score (nSPS) is 15.5. The van der Waals surface area contributed by atoms with E-state index in [0.29, 0.717) is 24.3 Å². The van der Waals surface area contributed by atoms with Crippen LogP contribution in [0.3, 0.4) is 0 Å². The molecule has 2 aromatic rings. The second kappa shape index (κ2) is 7.72. The van der Waals surface area contributed by atoms with Gasteiger partial charge in [-0.3, -0.25) is 0 Å². The predicted molar refractivity (Wildman–Crippen MR) is 97.1 cm³/mol. The summed E-state index contributed by atoms with van der Waals surface area (Å²) in [7, 11) is 2.83. The molecule has 0 amide bonds. The van der Waals surface area contributed by atoms with E-state index in [1.54, 1.807) is 12.1 Å². The fourth-order valence-electron chi connectivity index (χ4n) is 3.26. The Morgan fingerprint density at radius 2 is 1.81 bits per heavy atom. The maximum atomic E-state index is 11.9. The molecule has 0 radical (unpaired) electrons. The number of carboxylic acid groups (broad SMARTS) is 1. The van der Waals surface area contributed by atoms with Crippen molar-refractivity contribution < 1.29 is 29.6 Å². The van der Waals surface area contributed by atoms with Crippen LogP contribution in [0.2, 0.25) is 0 Å². The average Bonchev–Trinajstić information content (AvgIpc) is 2.60. The van der Waals surface area contributed by atoms with Crippen molar-refractivity contribution in [3.8, 4) is 23.0 Å². The van der Waals surface area contributed by atoms with E-state index in [0.717, 1.165) is 11.1 Å². The molecule has 26 heavy (non-hydrogen) atoms. The van der Waals surface area contributed by atoms with Crippen molar-refractivity contribution in [1.82, 2.24) is 5.32 Å².